The van der Waals surface area contributed by atoms with E-state index in [9.17, 15) is 15.3 Å². The summed E-state index contributed by atoms with van der Waals surface area (Å²) in [6.07, 6.45) is 0.458. The minimum atomic E-state index is -0.497. The summed E-state index contributed by atoms with van der Waals surface area (Å²) >= 11 is 0. The monoisotopic (exact) mass is 269 g/mol. The summed E-state index contributed by atoms with van der Waals surface area (Å²) in [6, 6.07) is 13.8. The lowest BCUT2D eigenvalue weighted by molar-refractivity contribution is -0.384. The first-order valence-electron chi connectivity index (χ1n) is 6.04. The van der Waals surface area contributed by atoms with Gasteiger partial charge in [0.1, 0.15) is 11.3 Å². The van der Waals surface area contributed by atoms with E-state index >= 15 is 0 Å². The minimum Gasteiger partial charge on any atom is -0.427 e. The van der Waals surface area contributed by atoms with Crippen LogP contribution in [0.25, 0.3) is 11.0 Å². The van der Waals surface area contributed by atoms with Gasteiger partial charge >= 0.3 is 0 Å². The number of hydrogen-bond acceptors (Lipinski definition) is 4. The van der Waals surface area contributed by atoms with Gasteiger partial charge in [-0.3, -0.25) is 10.1 Å². The normalized spacial score (nSPS) is 10.8. The second kappa shape index (κ2) is 4.65. The Balaban J connectivity index is 2.05. The van der Waals surface area contributed by atoms with Crippen molar-refractivity contribution in [2.24, 2.45) is 0 Å². The average Bonchev–Trinajstić information content (AvgIpc) is 2.76. The zero-order valence-electron chi connectivity index (χ0n) is 10.4. The van der Waals surface area contributed by atoms with Crippen LogP contribution in [0.3, 0.4) is 0 Å². The highest BCUT2D eigenvalue weighted by atomic mass is 16.6. The Morgan fingerprint density at radius 2 is 1.95 bits per heavy atom. The Morgan fingerprint density at radius 1 is 1.20 bits per heavy atom. The SMILES string of the molecule is O=[N+]([O-])c1ccc2nc(Cc3ccccc3)n(O)c2c1. The molecule has 0 atom stereocenters. The zero-order valence-corrected chi connectivity index (χ0v) is 10.4. The number of non-ortho nitro benzene ring substituents is 1. The fraction of sp³-hybridized carbons (Fsp3) is 0.0714. The van der Waals surface area contributed by atoms with Gasteiger partial charge in [0.15, 0.2) is 0 Å². The molecule has 0 aliphatic rings. The van der Waals surface area contributed by atoms with Crippen molar-refractivity contribution in [3.05, 3.63) is 70.0 Å². The molecule has 6 nitrogen and oxygen atoms in total. The first kappa shape index (κ1) is 12.2. The Labute approximate surface area is 114 Å². The number of nitrogens with zero attached hydrogens (tertiary/aromatic N) is 3. The first-order chi connectivity index (χ1) is 9.65. The second-order valence-corrected chi connectivity index (χ2v) is 4.43. The highest BCUT2D eigenvalue weighted by molar-refractivity contribution is 5.78. The van der Waals surface area contributed by atoms with E-state index in [-0.39, 0.29) is 5.69 Å². The lowest BCUT2D eigenvalue weighted by atomic mass is 10.1. The van der Waals surface area contributed by atoms with Crippen molar-refractivity contribution in [2.45, 2.75) is 6.42 Å². The number of rotatable bonds is 3. The van der Waals surface area contributed by atoms with Crippen molar-refractivity contribution in [3.8, 4) is 0 Å². The summed E-state index contributed by atoms with van der Waals surface area (Å²) in [7, 11) is 0. The van der Waals surface area contributed by atoms with Crippen LogP contribution < -0.4 is 0 Å². The molecule has 2 aromatic carbocycles. The molecule has 0 saturated heterocycles. The summed E-state index contributed by atoms with van der Waals surface area (Å²) in [6.45, 7) is 0. The Hall–Kier alpha value is -2.89. The number of nitro groups is 1. The number of imidazole rings is 1. The summed E-state index contributed by atoms with van der Waals surface area (Å²) in [5.74, 6) is 0.451. The van der Waals surface area contributed by atoms with E-state index < -0.39 is 4.92 Å². The third-order valence-corrected chi connectivity index (χ3v) is 3.10. The quantitative estimate of drug-likeness (QED) is 0.450. The van der Waals surface area contributed by atoms with Crippen molar-refractivity contribution < 1.29 is 10.1 Å². The van der Waals surface area contributed by atoms with Crippen LogP contribution in [0, 0.1) is 10.1 Å². The predicted octanol–water partition coefficient (Wildman–Crippen LogP) is 2.77. The Bertz CT molecular complexity index is 781. The molecule has 0 unspecified atom stereocenters. The van der Waals surface area contributed by atoms with Crippen LogP contribution in [0.1, 0.15) is 11.4 Å². The van der Waals surface area contributed by atoms with Gasteiger partial charge in [-0.05, 0) is 11.6 Å². The number of benzene rings is 2. The van der Waals surface area contributed by atoms with Crippen LogP contribution in [0.4, 0.5) is 5.69 Å². The number of hydrogen-bond donors (Lipinski definition) is 1. The maximum atomic E-state index is 10.7. The molecule has 1 N–H and O–H groups in total. The zero-order chi connectivity index (χ0) is 14.1. The molecule has 100 valence electrons. The topological polar surface area (TPSA) is 81.2 Å². The maximum absolute atomic E-state index is 10.7. The largest absolute Gasteiger partial charge is 0.427 e. The van der Waals surface area contributed by atoms with Gasteiger partial charge in [-0.2, -0.15) is 4.73 Å². The number of nitro benzene ring substituents is 1. The molecule has 0 radical (unpaired) electrons. The van der Waals surface area contributed by atoms with E-state index in [0.29, 0.717) is 23.3 Å². The summed E-state index contributed by atoms with van der Waals surface area (Å²) in [5.41, 5.74) is 1.81. The van der Waals surface area contributed by atoms with Gasteiger partial charge in [-0.15, -0.1) is 0 Å². The van der Waals surface area contributed by atoms with E-state index in [1.807, 2.05) is 30.3 Å². The van der Waals surface area contributed by atoms with Crippen molar-refractivity contribution >= 4 is 16.7 Å². The summed E-state index contributed by atoms with van der Waals surface area (Å²) in [5, 5.41) is 20.8. The maximum Gasteiger partial charge on any atom is 0.271 e. The van der Waals surface area contributed by atoms with Crippen molar-refractivity contribution in [1.29, 1.82) is 0 Å². The van der Waals surface area contributed by atoms with E-state index in [2.05, 4.69) is 4.98 Å². The molecular formula is C14H11N3O3. The molecule has 3 rings (SSSR count). The molecule has 0 aliphatic carbocycles. The average molecular weight is 269 g/mol. The standard InChI is InChI=1S/C14H11N3O3/c18-16-13-9-11(17(19)20)6-7-12(13)15-14(16)8-10-4-2-1-3-5-10/h1-7,9,18H,8H2. The summed E-state index contributed by atoms with van der Waals surface area (Å²) in [4.78, 5) is 14.5. The minimum absolute atomic E-state index is 0.0704. The van der Waals surface area contributed by atoms with Gasteiger partial charge in [0.2, 0.25) is 0 Å². The van der Waals surface area contributed by atoms with Gasteiger partial charge in [-0.1, -0.05) is 30.3 Å². The third-order valence-electron chi connectivity index (χ3n) is 3.10. The molecule has 3 aromatic rings. The first-order valence-corrected chi connectivity index (χ1v) is 6.04. The van der Waals surface area contributed by atoms with Crippen LogP contribution in [-0.4, -0.2) is 19.8 Å². The lowest BCUT2D eigenvalue weighted by Crippen LogP contribution is -2.00. The molecule has 0 aliphatic heterocycles. The van der Waals surface area contributed by atoms with Gasteiger partial charge in [-0.25, -0.2) is 4.98 Å². The molecule has 6 heteroatoms. The van der Waals surface area contributed by atoms with E-state index in [0.717, 1.165) is 10.3 Å². The molecule has 0 bridgehead atoms. The fourth-order valence-corrected chi connectivity index (χ4v) is 2.11. The van der Waals surface area contributed by atoms with E-state index in [4.69, 9.17) is 0 Å². The fourth-order valence-electron chi connectivity index (χ4n) is 2.11. The molecule has 0 fully saturated rings. The van der Waals surface area contributed by atoms with Gasteiger partial charge in [0.25, 0.3) is 5.69 Å². The summed E-state index contributed by atoms with van der Waals surface area (Å²) < 4.78 is 0.912. The van der Waals surface area contributed by atoms with Gasteiger partial charge < -0.3 is 5.21 Å². The van der Waals surface area contributed by atoms with Crippen LogP contribution in [0.5, 0.6) is 0 Å². The van der Waals surface area contributed by atoms with Crippen LogP contribution >= 0.6 is 0 Å². The molecular weight excluding hydrogens is 258 g/mol. The van der Waals surface area contributed by atoms with Crippen LogP contribution in [0.15, 0.2) is 48.5 Å². The molecule has 1 heterocycles. The van der Waals surface area contributed by atoms with E-state index in [1.165, 1.54) is 18.2 Å². The smallest absolute Gasteiger partial charge is 0.271 e. The molecule has 0 spiro atoms. The lowest BCUT2D eigenvalue weighted by Gasteiger charge is -2.01. The highest BCUT2D eigenvalue weighted by Crippen LogP contribution is 2.22. The molecule has 0 amide bonds. The Morgan fingerprint density at radius 3 is 2.65 bits per heavy atom. The molecule has 1 aromatic heterocycles. The van der Waals surface area contributed by atoms with Crippen molar-refractivity contribution in [2.75, 3.05) is 0 Å². The highest BCUT2D eigenvalue weighted by Gasteiger charge is 2.14. The van der Waals surface area contributed by atoms with Crippen molar-refractivity contribution in [3.63, 3.8) is 0 Å². The predicted molar refractivity (Wildman–Crippen MR) is 72.8 cm³/mol. The molecule has 20 heavy (non-hydrogen) atoms. The number of aromatic nitrogens is 2. The van der Waals surface area contributed by atoms with E-state index in [1.54, 1.807) is 0 Å². The van der Waals surface area contributed by atoms with Crippen LogP contribution in [0.2, 0.25) is 0 Å². The van der Waals surface area contributed by atoms with Crippen LogP contribution in [-0.2, 0) is 6.42 Å². The van der Waals surface area contributed by atoms with Gasteiger partial charge in [0, 0.05) is 18.6 Å². The molecule has 0 saturated carbocycles. The van der Waals surface area contributed by atoms with Gasteiger partial charge in [0.05, 0.1) is 10.4 Å². The Kier molecular flexibility index (Phi) is 2.83. The van der Waals surface area contributed by atoms with Crippen molar-refractivity contribution in [1.82, 2.24) is 9.71 Å². The second-order valence-electron chi connectivity index (χ2n) is 4.43. The third kappa shape index (κ3) is 2.07. The number of fused-ring (bicyclic) bond motifs is 1.